The van der Waals surface area contributed by atoms with Crippen molar-refractivity contribution >= 4 is 22.4 Å². The van der Waals surface area contributed by atoms with Gasteiger partial charge in [0.2, 0.25) is 0 Å². The van der Waals surface area contributed by atoms with Crippen LogP contribution in [0.25, 0.3) is 0 Å². The van der Waals surface area contributed by atoms with Gasteiger partial charge in [-0.05, 0) is 31.4 Å². The molecule has 1 aliphatic rings. The molecule has 1 atom stereocenters. The summed E-state index contributed by atoms with van der Waals surface area (Å²) in [6.45, 7) is 3.82. The molecular formula is C17H22N4O2S. The third-order valence-corrected chi connectivity index (χ3v) is 5.24. The number of hydrogen-bond donors (Lipinski definition) is 1. The van der Waals surface area contributed by atoms with Crippen LogP contribution in [0, 0.1) is 6.92 Å². The van der Waals surface area contributed by atoms with Crippen LogP contribution >= 0.6 is 11.3 Å². The molecular weight excluding hydrogens is 324 g/mol. The number of amides is 1. The molecule has 1 fully saturated rings. The van der Waals surface area contributed by atoms with Gasteiger partial charge in [-0.25, -0.2) is 4.98 Å². The van der Waals surface area contributed by atoms with Crippen LogP contribution in [0.15, 0.2) is 24.5 Å². The van der Waals surface area contributed by atoms with Gasteiger partial charge in [-0.1, -0.05) is 17.4 Å². The van der Waals surface area contributed by atoms with Crippen molar-refractivity contribution in [1.29, 1.82) is 0 Å². The first-order valence-corrected chi connectivity index (χ1v) is 8.94. The van der Waals surface area contributed by atoms with Crippen LogP contribution in [0.2, 0.25) is 0 Å². The molecule has 24 heavy (non-hydrogen) atoms. The fourth-order valence-electron chi connectivity index (χ4n) is 2.80. The smallest absolute Gasteiger partial charge is 0.266 e. The number of hydrogen-bond acceptors (Lipinski definition) is 6. The lowest BCUT2D eigenvalue weighted by molar-refractivity contribution is -0.00670. The van der Waals surface area contributed by atoms with Crippen LogP contribution in [0.4, 0.5) is 5.13 Å². The quantitative estimate of drug-likeness (QED) is 0.902. The molecule has 128 valence electrons. The summed E-state index contributed by atoms with van der Waals surface area (Å²) in [5.41, 5.74) is 1.84. The second kappa shape index (κ2) is 7.72. The van der Waals surface area contributed by atoms with E-state index < -0.39 is 0 Å². The summed E-state index contributed by atoms with van der Waals surface area (Å²) in [7, 11) is 1.82. The Balaban J connectivity index is 1.60. The number of anilines is 1. The molecule has 0 spiro atoms. The summed E-state index contributed by atoms with van der Waals surface area (Å²) in [5, 5.41) is 3.77. The highest BCUT2D eigenvalue weighted by Gasteiger charge is 2.27. The van der Waals surface area contributed by atoms with E-state index in [9.17, 15) is 4.79 Å². The first-order valence-electron chi connectivity index (χ1n) is 8.12. The molecule has 3 heterocycles. The van der Waals surface area contributed by atoms with Crippen LogP contribution in [-0.4, -0.2) is 47.0 Å². The Morgan fingerprint density at radius 1 is 1.54 bits per heavy atom. The average molecular weight is 346 g/mol. The summed E-state index contributed by atoms with van der Waals surface area (Å²) in [5.74, 6) is 0.0566. The highest BCUT2D eigenvalue weighted by molar-refractivity contribution is 7.17. The summed E-state index contributed by atoms with van der Waals surface area (Å²) in [6.07, 6.45) is 5.57. The molecule has 0 bridgehead atoms. The monoisotopic (exact) mass is 346 g/mol. The van der Waals surface area contributed by atoms with Crippen molar-refractivity contribution in [1.82, 2.24) is 14.9 Å². The lowest BCUT2D eigenvalue weighted by Gasteiger charge is -2.32. The highest BCUT2D eigenvalue weighted by Crippen LogP contribution is 2.25. The van der Waals surface area contributed by atoms with E-state index in [0.29, 0.717) is 18.0 Å². The zero-order chi connectivity index (χ0) is 16.9. The molecule has 6 nitrogen and oxygen atoms in total. The van der Waals surface area contributed by atoms with Crippen molar-refractivity contribution in [2.24, 2.45) is 0 Å². The number of piperidine rings is 1. The van der Waals surface area contributed by atoms with Crippen LogP contribution in [0.3, 0.4) is 0 Å². The van der Waals surface area contributed by atoms with Gasteiger partial charge in [-0.2, -0.15) is 0 Å². The molecule has 1 amide bonds. The second-order valence-corrected chi connectivity index (χ2v) is 6.87. The first kappa shape index (κ1) is 16.9. The Bertz CT molecular complexity index is 689. The Hall–Kier alpha value is -1.99. The van der Waals surface area contributed by atoms with Crippen molar-refractivity contribution in [3.05, 3.63) is 40.7 Å². The number of carbonyl (C=O) groups excluding carboxylic acids is 1. The number of thiazole rings is 1. The maximum absolute atomic E-state index is 12.8. The molecule has 1 saturated heterocycles. The average Bonchev–Trinajstić information content (AvgIpc) is 3.01. The van der Waals surface area contributed by atoms with Crippen LogP contribution < -0.4 is 5.32 Å². The lowest BCUT2D eigenvalue weighted by Crippen LogP contribution is -2.43. The Morgan fingerprint density at radius 2 is 2.42 bits per heavy atom. The van der Waals surface area contributed by atoms with E-state index in [0.717, 1.165) is 35.8 Å². The number of likely N-dealkylation sites (tertiary alicyclic amines) is 1. The van der Waals surface area contributed by atoms with E-state index >= 15 is 0 Å². The summed E-state index contributed by atoms with van der Waals surface area (Å²) < 4.78 is 5.98. The van der Waals surface area contributed by atoms with E-state index in [-0.39, 0.29) is 12.0 Å². The minimum Gasteiger partial charge on any atom is -0.372 e. The van der Waals surface area contributed by atoms with Crippen LogP contribution in [0.1, 0.15) is 33.8 Å². The van der Waals surface area contributed by atoms with Gasteiger partial charge < -0.3 is 15.0 Å². The summed E-state index contributed by atoms with van der Waals surface area (Å²) in [6, 6.07) is 3.90. The van der Waals surface area contributed by atoms with Gasteiger partial charge in [0.1, 0.15) is 4.88 Å². The number of carbonyl (C=O) groups is 1. The molecule has 0 saturated carbocycles. The molecule has 0 aromatic carbocycles. The molecule has 0 aliphatic carbocycles. The van der Waals surface area contributed by atoms with Crippen molar-refractivity contribution < 1.29 is 9.53 Å². The largest absolute Gasteiger partial charge is 0.372 e. The SMILES string of the molecule is CNc1nc(C)c(C(=O)N2CCCC(OCc3cccnc3)C2)s1. The van der Waals surface area contributed by atoms with Gasteiger partial charge >= 0.3 is 0 Å². The summed E-state index contributed by atoms with van der Waals surface area (Å²) >= 11 is 1.41. The predicted molar refractivity (Wildman–Crippen MR) is 94.3 cm³/mol. The van der Waals surface area contributed by atoms with Gasteiger partial charge in [-0.15, -0.1) is 0 Å². The number of rotatable bonds is 5. The van der Waals surface area contributed by atoms with Crippen molar-refractivity contribution in [2.45, 2.75) is 32.5 Å². The molecule has 0 radical (unpaired) electrons. The predicted octanol–water partition coefficient (Wildman–Crippen LogP) is 2.71. The van der Waals surface area contributed by atoms with E-state index in [1.54, 1.807) is 6.20 Å². The standard InChI is InChI=1S/C17H22N4O2S/c1-12-15(24-17(18-2)20-12)16(22)21-8-4-6-14(10-21)23-11-13-5-3-7-19-9-13/h3,5,7,9,14H,4,6,8,10-11H2,1-2H3,(H,18,20). The van der Waals surface area contributed by atoms with Crippen LogP contribution in [0.5, 0.6) is 0 Å². The van der Waals surface area contributed by atoms with Crippen molar-refractivity contribution in [3.63, 3.8) is 0 Å². The third kappa shape index (κ3) is 3.91. The number of ether oxygens (including phenoxy) is 1. The molecule has 7 heteroatoms. The summed E-state index contributed by atoms with van der Waals surface area (Å²) in [4.78, 5) is 23.8. The highest BCUT2D eigenvalue weighted by atomic mass is 32.1. The zero-order valence-electron chi connectivity index (χ0n) is 14.0. The number of aromatic nitrogens is 2. The Morgan fingerprint density at radius 3 is 3.12 bits per heavy atom. The second-order valence-electron chi connectivity index (χ2n) is 5.87. The van der Waals surface area contributed by atoms with Crippen molar-refractivity contribution in [3.8, 4) is 0 Å². The topological polar surface area (TPSA) is 67.4 Å². The molecule has 1 N–H and O–H groups in total. The van der Waals surface area contributed by atoms with Gasteiger partial charge in [0.15, 0.2) is 5.13 Å². The van der Waals surface area contributed by atoms with Gasteiger partial charge in [0.25, 0.3) is 5.91 Å². The first-order chi connectivity index (χ1) is 11.7. The number of pyridine rings is 1. The van der Waals surface area contributed by atoms with E-state index in [2.05, 4.69) is 15.3 Å². The van der Waals surface area contributed by atoms with E-state index in [1.807, 2.05) is 37.2 Å². The van der Waals surface area contributed by atoms with Gasteiger partial charge in [0.05, 0.1) is 18.4 Å². The maximum atomic E-state index is 12.8. The minimum absolute atomic E-state index is 0.0566. The molecule has 3 rings (SSSR count). The zero-order valence-corrected chi connectivity index (χ0v) is 14.8. The lowest BCUT2D eigenvalue weighted by atomic mass is 10.1. The van der Waals surface area contributed by atoms with E-state index in [4.69, 9.17) is 4.74 Å². The molecule has 2 aromatic rings. The number of nitrogens with one attached hydrogen (secondary N) is 1. The van der Waals surface area contributed by atoms with Gasteiger partial charge in [0, 0.05) is 32.5 Å². The molecule has 1 unspecified atom stereocenters. The van der Waals surface area contributed by atoms with Crippen LogP contribution in [-0.2, 0) is 11.3 Å². The third-order valence-electron chi connectivity index (χ3n) is 4.08. The van der Waals surface area contributed by atoms with Crippen molar-refractivity contribution in [2.75, 3.05) is 25.5 Å². The van der Waals surface area contributed by atoms with Gasteiger partial charge in [-0.3, -0.25) is 9.78 Å². The fraction of sp³-hybridized carbons (Fsp3) is 0.471. The normalized spacial score (nSPS) is 17.8. The number of aryl methyl sites for hydroxylation is 1. The maximum Gasteiger partial charge on any atom is 0.266 e. The Kier molecular flexibility index (Phi) is 5.42. The Labute approximate surface area is 145 Å². The van der Waals surface area contributed by atoms with E-state index in [1.165, 1.54) is 11.3 Å². The minimum atomic E-state index is 0.0566. The molecule has 1 aliphatic heterocycles. The molecule has 2 aromatic heterocycles. The number of nitrogens with zero attached hydrogens (tertiary/aromatic N) is 3. The fourth-order valence-corrected chi connectivity index (χ4v) is 3.69.